The number of rotatable bonds is 3. The minimum absolute atomic E-state index is 0.687. The second-order valence-corrected chi connectivity index (χ2v) is 6.91. The van der Waals surface area contributed by atoms with Crippen LogP contribution in [0.2, 0.25) is 11.6 Å². The minimum Gasteiger partial charge on any atom is -0.386 e. The molecule has 0 radical (unpaired) electrons. The fraction of sp³-hybridized carbons (Fsp3) is 0.400. The first-order valence-corrected chi connectivity index (χ1v) is 8.83. The average Bonchev–Trinajstić information content (AvgIpc) is 2.57. The molecule has 2 heterocycles. The van der Waals surface area contributed by atoms with Gasteiger partial charge in [-0.3, -0.25) is 0 Å². The lowest BCUT2D eigenvalue weighted by atomic mass is 9.33. The second-order valence-electron chi connectivity index (χ2n) is 6.91. The van der Waals surface area contributed by atoms with Gasteiger partial charge in [-0.25, -0.2) is 0 Å². The van der Waals surface area contributed by atoms with Crippen LogP contribution in [0, 0.1) is 0 Å². The second kappa shape index (κ2) is 6.20. The van der Waals surface area contributed by atoms with Crippen LogP contribution in [0.3, 0.4) is 0 Å². The highest BCUT2D eigenvalue weighted by atomic mass is 15.1. The lowest BCUT2D eigenvalue weighted by molar-refractivity contribution is 0.442. The molecule has 2 aliphatic rings. The molecule has 0 atom stereocenters. The third kappa shape index (κ3) is 2.56. The maximum Gasteiger partial charge on any atom is 0.266 e. The van der Waals surface area contributed by atoms with Crippen molar-refractivity contribution in [3.05, 3.63) is 60.7 Å². The van der Waals surface area contributed by atoms with Gasteiger partial charge in [-0.15, -0.1) is 0 Å². The zero-order valence-electron chi connectivity index (χ0n) is 13.2. The van der Waals surface area contributed by atoms with Gasteiger partial charge >= 0.3 is 0 Å². The van der Waals surface area contributed by atoms with Crippen molar-refractivity contribution < 1.29 is 0 Å². The van der Waals surface area contributed by atoms with Gasteiger partial charge < -0.3 is 4.81 Å². The van der Waals surface area contributed by atoms with Gasteiger partial charge in [0.1, 0.15) is 0 Å². The molecule has 2 fully saturated rings. The van der Waals surface area contributed by atoms with Crippen molar-refractivity contribution in [2.75, 3.05) is 4.81 Å². The molecule has 2 heteroatoms. The maximum atomic E-state index is 2.65. The summed E-state index contributed by atoms with van der Waals surface area (Å²) in [6.45, 7) is 0.687. The zero-order chi connectivity index (χ0) is 14.8. The monoisotopic (exact) mass is 289 g/mol. The van der Waals surface area contributed by atoms with E-state index >= 15 is 0 Å². The van der Waals surface area contributed by atoms with E-state index in [1.54, 1.807) is 0 Å². The van der Waals surface area contributed by atoms with Crippen LogP contribution in [-0.2, 0) is 0 Å². The lowest BCUT2D eigenvalue weighted by Gasteiger charge is -2.46. The first-order chi connectivity index (χ1) is 10.9. The number of fused-ring (bicyclic) bond motifs is 2. The van der Waals surface area contributed by atoms with E-state index in [2.05, 4.69) is 65.5 Å². The molecule has 0 aliphatic carbocycles. The Balaban J connectivity index is 1.77. The van der Waals surface area contributed by atoms with Gasteiger partial charge in [0.2, 0.25) is 0 Å². The summed E-state index contributed by atoms with van der Waals surface area (Å²) >= 11 is 0. The summed E-state index contributed by atoms with van der Waals surface area (Å²) in [5.74, 6) is 1.74. The molecule has 0 unspecified atom stereocenters. The summed E-state index contributed by atoms with van der Waals surface area (Å²) in [6.07, 6.45) is 8.52. The Morgan fingerprint density at radius 2 is 1.05 bits per heavy atom. The molecule has 0 amide bonds. The van der Waals surface area contributed by atoms with E-state index in [-0.39, 0.29) is 0 Å². The van der Waals surface area contributed by atoms with Crippen molar-refractivity contribution in [3.63, 3.8) is 0 Å². The highest BCUT2D eigenvalue weighted by molar-refractivity contribution is 6.68. The lowest BCUT2D eigenvalue weighted by Crippen LogP contribution is -2.47. The number of benzene rings is 2. The van der Waals surface area contributed by atoms with Crippen molar-refractivity contribution in [2.24, 2.45) is 0 Å². The Morgan fingerprint density at radius 1 is 0.636 bits per heavy atom. The minimum atomic E-state index is 0.687. The topological polar surface area (TPSA) is 3.24 Å². The third-order valence-corrected chi connectivity index (χ3v) is 5.63. The molecule has 2 bridgehead atoms. The van der Waals surface area contributed by atoms with Crippen LogP contribution in [-0.4, -0.2) is 6.85 Å². The van der Waals surface area contributed by atoms with Gasteiger partial charge in [-0.2, -0.15) is 0 Å². The van der Waals surface area contributed by atoms with Crippen LogP contribution < -0.4 is 4.81 Å². The van der Waals surface area contributed by atoms with E-state index in [1.807, 2.05) is 0 Å². The van der Waals surface area contributed by atoms with E-state index in [9.17, 15) is 0 Å². The fourth-order valence-electron chi connectivity index (χ4n) is 4.73. The quantitative estimate of drug-likeness (QED) is 0.633. The predicted octanol–water partition coefficient (Wildman–Crippen LogP) is 5.92. The molecule has 0 spiro atoms. The molecule has 1 nitrogen and oxygen atoms in total. The number of nitrogens with zero attached hydrogens (tertiary/aromatic N) is 1. The normalized spacial score (nSPS) is 24.1. The largest absolute Gasteiger partial charge is 0.386 e. The summed E-state index contributed by atoms with van der Waals surface area (Å²) < 4.78 is 0. The van der Waals surface area contributed by atoms with Crippen molar-refractivity contribution in [1.82, 2.24) is 0 Å². The molecule has 0 N–H and O–H groups in total. The van der Waals surface area contributed by atoms with Gasteiger partial charge in [0.25, 0.3) is 6.85 Å². The average molecular weight is 289 g/mol. The Kier molecular flexibility index (Phi) is 3.93. The van der Waals surface area contributed by atoms with Crippen LogP contribution in [0.4, 0.5) is 11.4 Å². The Bertz CT molecular complexity index is 536. The number of hydrogen-bond acceptors (Lipinski definition) is 1. The Labute approximate surface area is 134 Å². The van der Waals surface area contributed by atoms with Gasteiger partial charge in [-0.05, 0) is 35.9 Å². The number of para-hydroxylation sites is 2. The smallest absolute Gasteiger partial charge is 0.266 e. The Hall–Kier alpha value is -1.70. The van der Waals surface area contributed by atoms with Crippen molar-refractivity contribution in [2.45, 2.75) is 50.2 Å². The summed E-state index contributed by atoms with van der Waals surface area (Å²) in [5, 5.41) is 0. The van der Waals surface area contributed by atoms with E-state index in [4.69, 9.17) is 0 Å². The van der Waals surface area contributed by atoms with Crippen LogP contribution in [0.1, 0.15) is 38.5 Å². The van der Waals surface area contributed by atoms with Crippen molar-refractivity contribution in [3.8, 4) is 0 Å². The van der Waals surface area contributed by atoms with E-state index in [0.717, 1.165) is 11.6 Å². The first-order valence-electron chi connectivity index (χ1n) is 8.83. The molecule has 2 saturated heterocycles. The first kappa shape index (κ1) is 13.9. The molecule has 0 aromatic heterocycles. The van der Waals surface area contributed by atoms with Crippen LogP contribution in [0.5, 0.6) is 0 Å². The number of hydrogen-bond donors (Lipinski definition) is 0. The molecule has 2 aromatic rings. The van der Waals surface area contributed by atoms with E-state index < -0.39 is 0 Å². The summed E-state index contributed by atoms with van der Waals surface area (Å²) in [7, 11) is 0. The van der Waals surface area contributed by atoms with E-state index in [0.29, 0.717) is 6.85 Å². The molecule has 0 saturated carbocycles. The molecule has 4 rings (SSSR count). The summed E-state index contributed by atoms with van der Waals surface area (Å²) in [5.41, 5.74) is 2.72. The van der Waals surface area contributed by atoms with Crippen molar-refractivity contribution in [1.29, 1.82) is 0 Å². The highest BCUT2D eigenvalue weighted by Crippen LogP contribution is 2.50. The molecular weight excluding hydrogens is 265 g/mol. The van der Waals surface area contributed by atoms with Gasteiger partial charge in [0, 0.05) is 11.4 Å². The third-order valence-electron chi connectivity index (χ3n) is 5.63. The molecule has 22 heavy (non-hydrogen) atoms. The van der Waals surface area contributed by atoms with Crippen LogP contribution >= 0.6 is 0 Å². The van der Waals surface area contributed by atoms with Gasteiger partial charge in [-0.1, -0.05) is 74.9 Å². The standard InChI is InChI=1S/C20H24BN/c1-3-13-19(14-4-1)22(20-15-5-2-6-16-20)21-17-9-7-10-18(21)12-8-11-17/h1-6,13-18H,7-12H2. The Morgan fingerprint density at radius 3 is 1.45 bits per heavy atom. The van der Waals surface area contributed by atoms with Gasteiger partial charge in [0.15, 0.2) is 0 Å². The van der Waals surface area contributed by atoms with Crippen LogP contribution in [0.15, 0.2) is 60.7 Å². The molecule has 2 aliphatic heterocycles. The fourth-order valence-corrected chi connectivity index (χ4v) is 4.73. The summed E-state index contributed by atoms with van der Waals surface area (Å²) in [4.78, 5) is 2.65. The zero-order valence-corrected chi connectivity index (χ0v) is 13.2. The van der Waals surface area contributed by atoms with Crippen molar-refractivity contribution >= 4 is 18.2 Å². The predicted molar refractivity (Wildman–Crippen MR) is 96.0 cm³/mol. The van der Waals surface area contributed by atoms with Crippen LogP contribution in [0.25, 0.3) is 0 Å². The van der Waals surface area contributed by atoms with E-state index in [1.165, 1.54) is 49.9 Å². The highest BCUT2D eigenvalue weighted by Gasteiger charge is 2.44. The SMILES string of the molecule is c1ccc(N(B2C3CCCC2CCC3)c2ccccc2)cc1. The number of anilines is 2. The van der Waals surface area contributed by atoms with Gasteiger partial charge in [0.05, 0.1) is 0 Å². The molecule has 2 aromatic carbocycles. The molecular formula is C20H24BN. The maximum absolute atomic E-state index is 2.65. The summed E-state index contributed by atoms with van der Waals surface area (Å²) in [6, 6.07) is 22.0. The molecule has 112 valence electrons.